The number of nitrogens with one attached hydrogen (secondary N) is 1. The Kier molecular flexibility index (Phi) is 8.38. The van der Waals surface area contributed by atoms with Gasteiger partial charge in [0.1, 0.15) is 0 Å². The van der Waals surface area contributed by atoms with E-state index in [-0.39, 0.29) is 5.91 Å². The van der Waals surface area contributed by atoms with Crippen LogP contribution in [0, 0.1) is 5.92 Å². The molecule has 112 valence electrons. The van der Waals surface area contributed by atoms with Crippen LogP contribution in [0.2, 0.25) is 0 Å². The van der Waals surface area contributed by atoms with Crippen molar-refractivity contribution in [1.82, 2.24) is 5.32 Å². The minimum atomic E-state index is -0.437. The molecule has 1 atom stereocenters. The summed E-state index contributed by atoms with van der Waals surface area (Å²) in [6, 6.07) is 10.3. The van der Waals surface area contributed by atoms with Gasteiger partial charge in [0.25, 0.3) is 0 Å². The molecule has 0 fully saturated rings. The van der Waals surface area contributed by atoms with Gasteiger partial charge in [-0.3, -0.25) is 4.79 Å². The van der Waals surface area contributed by atoms with Gasteiger partial charge in [-0.05, 0) is 30.1 Å². The lowest BCUT2D eigenvalue weighted by Crippen LogP contribution is -2.33. The van der Waals surface area contributed by atoms with Gasteiger partial charge in [-0.25, -0.2) is 0 Å². The molecule has 0 aliphatic heterocycles. The van der Waals surface area contributed by atoms with E-state index in [9.17, 15) is 9.90 Å². The summed E-state index contributed by atoms with van der Waals surface area (Å²) in [5.74, 6) is 1.85. The minimum Gasteiger partial charge on any atom is -0.391 e. The molecule has 3 nitrogen and oxygen atoms in total. The molecule has 4 heteroatoms. The fourth-order valence-corrected chi connectivity index (χ4v) is 2.72. The van der Waals surface area contributed by atoms with E-state index >= 15 is 0 Å². The smallest absolute Gasteiger partial charge is 0.230 e. The highest BCUT2D eigenvalue weighted by atomic mass is 32.2. The van der Waals surface area contributed by atoms with Gasteiger partial charge in [0.05, 0.1) is 11.9 Å². The molecule has 1 aromatic rings. The van der Waals surface area contributed by atoms with Gasteiger partial charge in [0, 0.05) is 6.54 Å². The zero-order valence-corrected chi connectivity index (χ0v) is 13.2. The monoisotopic (exact) mass is 295 g/mol. The van der Waals surface area contributed by atoms with Crippen LogP contribution in [0.5, 0.6) is 0 Å². The fraction of sp³-hybridized carbons (Fsp3) is 0.562. The standard InChI is InChI=1S/C16H25NO2S/c1-13(2)10-15(18)11-17-16(19)12-20-9-8-14-6-4-3-5-7-14/h3-7,13,15,18H,8-12H2,1-2H3,(H,17,19). The number of aryl methyl sites for hydroxylation is 1. The van der Waals surface area contributed by atoms with E-state index in [2.05, 4.69) is 31.3 Å². The van der Waals surface area contributed by atoms with Crippen LogP contribution < -0.4 is 5.32 Å². The average molecular weight is 295 g/mol. The molecule has 0 aromatic heterocycles. The van der Waals surface area contributed by atoms with E-state index in [4.69, 9.17) is 0 Å². The molecule has 1 rings (SSSR count). The topological polar surface area (TPSA) is 49.3 Å². The zero-order valence-electron chi connectivity index (χ0n) is 12.3. The molecule has 0 heterocycles. The molecule has 20 heavy (non-hydrogen) atoms. The molecule has 0 radical (unpaired) electrons. The molecule has 1 amide bonds. The quantitative estimate of drug-likeness (QED) is 0.688. The number of carbonyl (C=O) groups is 1. The summed E-state index contributed by atoms with van der Waals surface area (Å²) in [4.78, 5) is 11.6. The first-order chi connectivity index (χ1) is 9.58. The molecular formula is C16H25NO2S. The second-order valence-electron chi connectivity index (χ2n) is 5.38. The number of aliphatic hydroxyl groups excluding tert-OH is 1. The van der Waals surface area contributed by atoms with Gasteiger partial charge < -0.3 is 10.4 Å². The molecule has 1 unspecified atom stereocenters. The molecule has 0 bridgehead atoms. The third-order valence-electron chi connectivity index (χ3n) is 2.89. The number of hydrogen-bond acceptors (Lipinski definition) is 3. The van der Waals surface area contributed by atoms with Crippen LogP contribution in [0.4, 0.5) is 0 Å². The maximum atomic E-state index is 11.6. The van der Waals surface area contributed by atoms with Crippen molar-refractivity contribution in [3.05, 3.63) is 35.9 Å². The SMILES string of the molecule is CC(C)CC(O)CNC(=O)CSCCc1ccccc1. The molecule has 0 saturated heterocycles. The fourth-order valence-electron chi connectivity index (χ4n) is 1.91. The molecule has 0 saturated carbocycles. The maximum absolute atomic E-state index is 11.6. The maximum Gasteiger partial charge on any atom is 0.230 e. The predicted molar refractivity (Wildman–Crippen MR) is 85.9 cm³/mol. The number of carbonyl (C=O) groups excluding carboxylic acids is 1. The summed E-state index contributed by atoms with van der Waals surface area (Å²) in [7, 11) is 0. The molecule has 2 N–H and O–H groups in total. The van der Waals surface area contributed by atoms with Crippen molar-refractivity contribution >= 4 is 17.7 Å². The highest BCUT2D eigenvalue weighted by Gasteiger charge is 2.08. The van der Waals surface area contributed by atoms with Gasteiger partial charge in [0.2, 0.25) is 5.91 Å². The number of thioether (sulfide) groups is 1. The summed E-state index contributed by atoms with van der Waals surface area (Å²) < 4.78 is 0. The Balaban J connectivity index is 2.05. The van der Waals surface area contributed by atoms with Crippen LogP contribution in [-0.2, 0) is 11.2 Å². The molecule has 0 spiro atoms. The van der Waals surface area contributed by atoms with Gasteiger partial charge in [-0.2, -0.15) is 11.8 Å². The summed E-state index contributed by atoms with van der Waals surface area (Å²) in [5.41, 5.74) is 1.30. The zero-order chi connectivity index (χ0) is 14.8. The van der Waals surface area contributed by atoms with Crippen molar-refractivity contribution in [1.29, 1.82) is 0 Å². The van der Waals surface area contributed by atoms with Crippen molar-refractivity contribution in [3.63, 3.8) is 0 Å². The first-order valence-corrected chi connectivity index (χ1v) is 8.30. The van der Waals surface area contributed by atoms with Crippen molar-refractivity contribution in [2.75, 3.05) is 18.1 Å². The Morgan fingerprint density at radius 2 is 2.00 bits per heavy atom. The second-order valence-corrected chi connectivity index (χ2v) is 6.48. The highest BCUT2D eigenvalue weighted by molar-refractivity contribution is 7.99. The van der Waals surface area contributed by atoms with E-state index in [0.717, 1.165) is 18.6 Å². The number of hydrogen-bond donors (Lipinski definition) is 2. The van der Waals surface area contributed by atoms with Crippen molar-refractivity contribution in [2.45, 2.75) is 32.8 Å². The average Bonchev–Trinajstić information content (AvgIpc) is 2.42. The van der Waals surface area contributed by atoms with Crippen LogP contribution in [0.25, 0.3) is 0 Å². The first-order valence-electron chi connectivity index (χ1n) is 7.14. The second kappa shape index (κ2) is 9.83. The van der Waals surface area contributed by atoms with Crippen molar-refractivity contribution in [2.24, 2.45) is 5.92 Å². The van der Waals surface area contributed by atoms with Gasteiger partial charge in [-0.1, -0.05) is 44.2 Å². The van der Waals surface area contributed by atoms with Gasteiger partial charge in [0.15, 0.2) is 0 Å². The minimum absolute atomic E-state index is 0.00543. The molecule has 1 aromatic carbocycles. The molecule has 0 aliphatic rings. The van der Waals surface area contributed by atoms with E-state index in [1.165, 1.54) is 5.56 Å². The number of amides is 1. The van der Waals surface area contributed by atoms with E-state index in [0.29, 0.717) is 18.2 Å². The lowest BCUT2D eigenvalue weighted by Gasteiger charge is -2.13. The van der Waals surface area contributed by atoms with Gasteiger partial charge >= 0.3 is 0 Å². The Bertz CT molecular complexity index is 381. The summed E-state index contributed by atoms with van der Waals surface area (Å²) in [6.45, 7) is 4.48. The Hall–Kier alpha value is -1.00. The van der Waals surface area contributed by atoms with Gasteiger partial charge in [-0.15, -0.1) is 0 Å². The van der Waals surface area contributed by atoms with Crippen molar-refractivity contribution in [3.8, 4) is 0 Å². The molecular weight excluding hydrogens is 270 g/mol. The number of aliphatic hydroxyl groups is 1. The third-order valence-corrected chi connectivity index (χ3v) is 3.85. The Morgan fingerprint density at radius 3 is 2.65 bits per heavy atom. The third kappa shape index (κ3) is 8.23. The summed E-state index contributed by atoms with van der Waals surface area (Å²) in [6.07, 6.45) is 1.27. The number of rotatable bonds is 9. The van der Waals surface area contributed by atoms with Crippen LogP contribution in [-0.4, -0.2) is 35.2 Å². The van der Waals surface area contributed by atoms with E-state index in [1.54, 1.807) is 11.8 Å². The van der Waals surface area contributed by atoms with Crippen LogP contribution in [0.3, 0.4) is 0 Å². The van der Waals surface area contributed by atoms with E-state index < -0.39 is 6.10 Å². The molecule has 0 aliphatic carbocycles. The van der Waals surface area contributed by atoms with E-state index in [1.807, 2.05) is 18.2 Å². The Labute approximate surface area is 126 Å². The van der Waals surface area contributed by atoms with Crippen LogP contribution >= 0.6 is 11.8 Å². The normalized spacial score (nSPS) is 12.4. The van der Waals surface area contributed by atoms with Crippen molar-refractivity contribution < 1.29 is 9.90 Å². The first kappa shape index (κ1) is 17.1. The highest BCUT2D eigenvalue weighted by Crippen LogP contribution is 2.07. The lowest BCUT2D eigenvalue weighted by molar-refractivity contribution is -0.119. The predicted octanol–water partition coefficient (Wildman–Crippen LogP) is 2.49. The van der Waals surface area contributed by atoms with Crippen LogP contribution in [0.15, 0.2) is 30.3 Å². The lowest BCUT2D eigenvalue weighted by atomic mass is 10.1. The Morgan fingerprint density at radius 1 is 1.30 bits per heavy atom. The number of benzene rings is 1. The van der Waals surface area contributed by atoms with Crippen LogP contribution in [0.1, 0.15) is 25.8 Å². The largest absolute Gasteiger partial charge is 0.391 e. The summed E-state index contributed by atoms with van der Waals surface area (Å²) in [5, 5.41) is 12.4. The summed E-state index contributed by atoms with van der Waals surface area (Å²) >= 11 is 1.63.